The predicted octanol–water partition coefficient (Wildman–Crippen LogP) is 5.93. The topological polar surface area (TPSA) is 70.7 Å². The van der Waals surface area contributed by atoms with E-state index in [-0.39, 0.29) is 6.42 Å². The SMILES string of the molecule is CC(C)=Nc1ccc(-c2ccn3nc(NC4CCN(C)CC4C)nc(C)c23)nc1C.CCC(F)F. The van der Waals surface area contributed by atoms with Gasteiger partial charge in [0.15, 0.2) is 0 Å². The lowest BCUT2D eigenvalue weighted by molar-refractivity contribution is 0.144. The van der Waals surface area contributed by atoms with Crippen LogP contribution in [0.2, 0.25) is 0 Å². The highest BCUT2D eigenvalue weighted by atomic mass is 19.3. The zero-order valence-electron chi connectivity index (χ0n) is 21.8. The number of fused-ring (bicyclic) bond motifs is 1. The minimum absolute atomic E-state index is 0.0278. The average molecular weight is 486 g/mol. The van der Waals surface area contributed by atoms with E-state index in [9.17, 15) is 8.78 Å². The van der Waals surface area contributed by atoms with Gasteiger partial charge in [0.2, 0.25) is 12.4 Å². The molecular formula is C26H37F2N7. The normalized spacial score (nSPS) is 18.3. The molecule has 1 fully saturated rings. The van der Waals surface area contributed by atoms with E-state index in [2.05, 4.69) is 35.2 Å². The van der Waals surface area contributed by atoms with Gasteiger partial charge >= 0.3 is 0 Å². The van der Waals surface area contributed by atoms with Crippen molar-refractivity contribution in [2.45, 2.75) is 66.9 Å². The molecule has 0 aromatic carbocycles. The van der Waals surface area contributed by atoms with Crippen molar-refractivity contribution in [2.24, 2.45) is 10.9 Å². The van der Waals surface area contributed by atoms with Gasteiger partial charge in [-0.15, -0.1) is 5.10 Å². The molecular weight excluding hydrogens is 448 g/mol. The first-order chi connectivity index (χ1) is 16.6. The summed E-state index contributed by atoms with van der Waals surface area (Å²) in [6.07, 6.45) is 0.946. The Morgan fingerprint density at radius 3 is 2.49 bits per heavy atom. The summed E-state index contributed by atoms with van der Waals surface area (Å²) < 4.78 is 23.4. The highest BCUT2D eigenvalue weighted by molar-refractivity contribution is 5.84. The summed E-state index contributed by atoms with van der Waals surface area (Å²) >= 11 is 0. The average Bonchev–Trinajstić information content (AvgIpc) is 3.22. The molecule has 0 spiro atoms. The molecule has 1 aliphatic heterocycles. The van der Waals surface area contributed by atoms with Crippen LogP contribution in [-0.2, 0) is 0 Å². The zero-order valence-corrected chi connectivity index (χ0v) is 21.8. The Hall–Kier alpha value is -2.94. The van der Waals surface area contributed by atoms with Crippen molar-refractivity contribution in [3.8, 4) is 11.3 Å². The Morgan fingerprint density at radius 1 is 1.17 bits per heavy atom. The summed E-state index contributed by atoms with van der Waals surface area (Å²) in [5, 5.41) is 8.31. The number of hydrogen-bond donors (Lipinski definition) is 1. The van der Waals surface area contributed by atoms with Crippen LogP contribution in [0.15, 0.2) is 29.4 Å². The standard InChI is InChI=1S/C23H31N7.C3H6F2/c1-14(2)24-20-7-8-21(25-16(20)4)18-9-12-30-22(18)17(5)26-23(28-30)27-19-10-11-29(6)13-15(19)3;1-2-3(4)5/h7-9,12,15,19H,10-11,13H2,1-6H3,(H,27,28);3H,2H2,1H3. The summed E-state index contributed by atoms with van der Waals surface area (Å²) in [4.78, 5) is 16.5. The first-order valence-corrected chi connectivity index (χ1v) is 12.2. The fourth-order valence-corrected chi connectivity index (χ4v) is 4.27. The summed E-state index contributed by atoms with van der Waals surface area (Å²) in [6.45, 7) is 13.9. The number of aliphatic imine (C=N–C) groups is 1. The maximum absolute atomic E-state index is 10.8. The van der Waals surface area contributed by atoms with Crippen molar-refractivity contribution < 1.29 is 8.78 Å². The third-order valence-corrected chi connectivity index (χ3v) is 6.09. The highest BCUT2D eigenvalue weighted by Gasteiger charge is 2.25. The second kappa shape index (κ2) is 11.7. The number of likely N-dealkylation sites (tertiary alicyclic amines) is 1. The minimum Gasteiger partial charge on any atom is -0.350 e. The Morgan fingerprint density at radius 2 is 1.89 bits per heavy atom. The van der Waals surface area contributed by atoms with Gasteiger partial charge in [-0.1, -0.05) is 13.8 Å². The number of halogens is 2. The maximum atomic E-state index is 10.8. The lowest BCUT2D eigenvalue weighted by Crippen LogP contribution is -2.43. The molecule has 3 aromatic rings. The van der Waals surface area contributed by atoms with E-state index < -0.39 is 6.43 Å². The number of hydrogen-bond acceptors (Lipinski definition) is 6. The number of piperidine rings is 1. The third-order valence-electron chi connectivity index (χ3n) is 6.09. The molecule has 2 unspecified atom stereocenters. The van der Waals surface area contributed by atoms with Crippen LogP contribution < -0.4 is 5.32 Å². The second-order valence-corrected chi connectivity index (χ2v) is 9.48. The number of anilines is 1. The van der Waals surface area contributed by atoms with E-state index in [1.165, 1.54) is 6.92 Å². The van der Waals surface area contributed by atoms with Gasteiger partial charge in [0.05, 0.1) is 28.3 Å². The molecule has 35 heavy (non-hydrogen) atoms. The molecule has 4 rings (SSSR count). The lowest BCUT2D eigenvalue weighted by Gasteiger charge is -2.35. The van der Waals surface area contributed by atoms with Gasteiger partial charge in [-0.25, -0.2) is 18.3 Å². The van der Waals surface area contributed by atoms with E-state index in [0.717, 1.165) is 59.1 Å². The number of rotatable bonds is 5. The maximum Gasteiger partial charge on any atom is 0.241 e. The van der Waals surface area contributed by atoms with Crippen LogP contribution in [0.3, 0.4) is 0 Å². The summed E-state index contributed by atoms with van der Waals surface area (Å²) in [6, 6.07) is 6.51. The molecule has 1 N–H and O–H groups in total. The molecule has 2 atom stereocenters. The molecule has 1 aliphatic rings. The van der Waals surface area contributed by atoms with E-state index in [0.29, 0.717) is 17.9 Å². The van der Waals surface area contributed by atoms with Crippen molar-refractivity contribution in [3.05, 3.63) is 35.8 Å². The van der Waals surface area contributed by atoms with Gasteiger partial charge in [0.25, 0.3) is 0 Å². The molecule has 9 heteroatoms. The van der Waals surface area contributed by atoms with Crippen LogP contribution in [0.5, 0.6) is 0 Å². The molecule has 1 saturated heterocycles. The number of alkyl halides is 2. The Bertz CT molecular complexity index is 1170. The molecule has 0 aliphatic carbocycles. The van der Waals surface area contributed by atoms with Gasteiger partial charge in [-0.05, 0) is 71.8 Å². The Kier molecular flexibility index (Phi) is 8.88. The summed E-state index contributed by atoms with van der Waals surface area (Å²) in [5.41, 5.74) is 6.74. The van der Waals surface area contributed by atoms with Gasteiger partial charge in [0.1, 0.15) is 0 Å². The number of nitrogens with zero attached hydrogens (tertiary/aromatic N) is 6. The van der Waals surface area contributed by atoms with E-state index >= 15 is 0 Å². The quantitative estimate of drug-likeness (QED) is 0.453. The molecule has 0 amide bonds. The van der Waals surface area contributed by atoms with E-state index in [1.54, 1.807) is 0 Å². The van der Waals surface area contributed by atoms with Gasteiger partial charge < -0.3 is 10.2 Å². The molecule has 0 saturated carbocycles. The van der Waals surface area contributed by atoms with E-state index in [1.807, 2.05) is 50.5 Å². The van der Waals surface area contributed by atoms with Crippen molar-refractivity contribution in [1.82, 2.24) is 24.5 Å². The molecule has 0 bridgehead atoms. The summed E-state index contributed by atoms with van der Waals surface area (Å²) in [7, 11) is 2.18. The van der Waals surface area contributed by atoms with Crippen LogP contribution in [0.4, 0.5) is 20.4 Å². The van der Waals surface area contributed by atoms with Crippen molar-refractivity contribution >= 4 is 22.9 Å². The fourth-order valence-electron chi connectivity index (χ4n) is 4.27. The monoisotopic (exact) mass is 485 g/mol. The Labute approximate surface area is 206 Å². The minimum atomic E-state index is -2.12. The molecule has 190 valence electrons. The molecule has 3 aromatic heterocycles. The van der Waals surface area contributed by atoms with Crippen molar-refractivity contribution in [1.29, 1.82) is 0 Å². The molecule has 4 heterocycles. The first kappa shape index (κ1) is 26.7. The molecule has 7 nitrogen and oxygen atoms in total. The van der Waals surface area contributed by atoms with Crippen molar-refractivity contribution in [3.63, 3.8) is 0 Å². The lowest BCUT2D eigenvalue weighted by atomic mass is 9.94. The van der Waals surface area contributed by atoms with Crippen LogP contribution in [0, 0.1) is 19.8 Å². The number of aromatic nitrogens is 4. The van der Waals surface area contributed by atoms with Crippen molar-refractivity contribution in [2.75, 3.05) is 25.5 Å². The number of pyridine rings is 1. The number of aryl methyl sites for hydroxylation is 2. The van der Waals surface area contributed by atoms with Gasteiger partial charge in [0, 0.05) is 36.5 Å². The molecule has 0 radical (unpaired) electrons. The highest BCUT2D eigenvalue weighted by Crippen LogP contribution is 2.29. The third kappa shape index (κ3) is 6.81. The number of nitrogens with one attached hydrogen (secondary N) is 1. The smallest absolute Gasteiger partial charge is 0.241 e. The fraction of sp³-hybridized carbons (Fsp3) is 0.538. The summed E-state index contributed by atoms with van der Waals surface area (Å²) in [5.74, 6) is 1.25. The first-order valence-electron chi connectivity index (χ1n) is 12.2. The van der Waals surface area contributed by atoms with E-state index in [4.69, 9.17) is 15.1 Å². The zero-order chi connectivity index (χ0) is 25.7. The van der Waals surface area contributed by atoms with Crippen LogP contribution in [-0.4, -0.2) is 62.8 Å². The predicted molar refractivity (Wildman–Crippen MR) is 139 cm³/mol. The van der Waals surface area contributed by atoms with Crippen LogP contribution in [0.25, 0.3) is 16.8 Å². The van der Waals surface area contributed by atoms with Gasteiger partial charge in [-0.2, -0.15) is 0 Å². The largest absolute Gasteiger partial charge is 0.350 e. The van der Waals surface area contributed by atoms with Crippen LogP contribution >= 0.6 is 0 Å². The second-order valence-electron chi connectivity index (χ2n) is 9.48. The van der Waals surface area contributed by atoms with Crippen LogP contribution in [0.1, 0.15) is 51.9 Å². The Balaban J connectivity index is 0.000000623. The van der Waals surface area contributed by atoms with Gasteiger partial charge in [-0.3, -0.25) is 9.98 Å².